The van der Waals surface area contributed by atoms with Crippen LogP contribution in [0.3, 0.4) is 0 Å². The van der Waals surface area contributed by atoms with Crippen LogP contribution < -0.4 is 14.5 Å². The molecule has 0 saturated heterocycles. The molecule has 3 heterocycles. The van der Waals surface area contributed by atoms with Gasteiger partial charge in [0.25, 0.3) is 0 Å². The molecule has 0 atom stereocenters. The molecule has 7 heteroatoms. The third-order valence-corrected chi connectivity index (χ3v) is 12.8. The van der Waals surface area contributed by atoms with Crippen LogP contribution in [-0.4, -0.2) is 16.2 Å². The van der Waals surface area contributed by atoms with Gasteiger partial charge in [-0.15, -0.1) is 0 Å². The molecule has 11 rings (SSSR count). The molecule has 10 aromatic rings. The zero-order valence-electron chi connectivity index (χ0n) is 38.1. The van der Waals surface area contributed by atoms with Crippen LogP contribution in [0.25, 0.3) is 61.0 Å². The molecule has 328 valence electrons. The summed E-state index contributed by atoms with van der Waals surface area (Å²) in [5.41, 5.74) is 15.2. The zero-order valence-corrected chi connectivity index (χ0v) is 38.1. The summed E-state index contributed by atoms with van der Waals surface area (Å²) in [6, 6.07) is 60.0. The Morgan fingerprint density at radius 3 is 1.79 bits per heavy atom. The molecule has 1 aliphatic heterocycles. The van der Waals surface area contributed by atoms with Gasteiger partial charge < -0.3 is 14.5 Å². The fraction of sp³-hybridized carbons (Fsp3) is 0.117. The van der Waals surface area contributed by atoms with Gasteiger partial charge in [-0.25, -0.2) is 13.8 Å². The van der Waals surface area contributed by atoms with Crippen LogP contribution in [0.5, 0.6) is 11.5 Å². The lowest BCUT2D eigenvalue weighted by atomic mass is 9.88. The van der Waals surface area contributed by atoms with Gasteiger partial charge in [-0.1, -0.05) is 123 Å². The average Bonchev–Trinajstić information content (AvgIpc) is 3.87. The molecule has 8 aromatic carbocycles. The maximum atomic E-state index is 14.4. The standard InChI is InChI=1S/C60H48F2N4O/c1-38-29-39(2)31-42(30-38)43-32-47(35-49(33-43)67-48-25-26-53-52-11-6-7-14-54(52)66(57(53)36-48)58-34-44(27-28-63-58)60(3,4)5)64-37-65(56-16-9-8-15-55(56)64)59-50(40-17-21-45(61)22-18-40)12-10-13-51(59)41-19-23-46(62)24-20-41/h6-36H,37H2,1-5H3. The van der Waals surface area contributed by atoms with Crippen molar-refractivity contribution in [1.82, 2.24) is 9.55 Å². The van der Waals surface area contributed by atoms with Crippen molar-refractivity contribution in [2.45, 2.75) is 40.0 Å². The molecule has 0 saturated carbocycles. The van der Waals surface area contributed by atoms with E-state index in [0.29, 0.717) is 18.2 Å². The molecule has 0 amide bonds. The molecular weight excluding hydrogens is 831 g/mol. The topological polar surface area (TPSA) is 33.5 Å². The first-order valence-electron chi connectivity index (χ1n) is 22.7. The SMILES string of the molecule is Cc1cc(C)cc(-c2cc(Oc3ccc4c5ccccc5n(-c5cc(C(C)(C)C)ccn5)c4c3)cc(N3CN(c4c(-c5ccc(F)cc5)cccc4-c4ccc(F)cc4)c4ccccc43)c2)c1. The van der Waals surface area contributed by atoms with E-state index in [1.165, 1.54) is 41.0 Å². The predicted octanol–water partition coefficient (Wildman–Crippen LogP) is 16.4. The molecular formula is C60H48F2N4O. The second-order valence-corrected chi connectivity index (χ2v) is 18.6. The highest BCUT2D eigenvalue weighted by molar-refractivity contribution is 6.09. The third-order valence-electron chi connectivity index (χ3n) is 12.8. The first kappa shape index (κ1) is 41.7. The maximum Gasteiger partial charge on any atom is 0.137 e. The summed E-state index contributed by atoms with van der Waals surface area (Å²) in [4.78, 5) is 9.54. The molecule has 0 radical (unpaired) electrons. The maximum absolute atomic E-state index is 14.4. The Hall–Kier alpha value is -8.03. The van der Waals surface area contributed by atoms with Crippen molar-refractivity contribution >= 4 is 44.6 Å². The fourth-order valence-corrected chi connectivity index (χ4v) is 9.70. The number of ether oxygens (including phenoxy) is 1. The monoisotopic (exact) mass is 878 g/mol. The van der Waals surface area contributed by atoms with Gasteiger partial charge in [0.2, 0.25) is 0 Å². The molecule has 0 fully saturated rings. The van der Waals surface area contributed by atoms with Gasteiger partial charge in [0.1, 0.15) is 35.6 Å². The molecule has 0 unspecified atom stereocenters. The van der Waals surface area contributed by atoms with E-state index in [1.807, 2.05) is 36.5 Å². The van der Waals surface area contributed by atoms with Crippen molar-refractivity contribution in [1.29, 1.82) is 0 Å². The summed E-state index contributed by atoms with van der Waals surface area (Å²) < 4.78 is 38.0. The van der Waals surface area contributed by atoms with E-state index in [4.69, 9.17) is 9.72 Å². The van der Waals surface area contributed by atoms with E-state index in [2.05, 4.69) is 176 Å². The Morgan fingerprint density at radius 2 is 1.12 bits per heavy atom. The number of hydrogen-bond acceptors (Lipinski definition) is 4. The smallest absolute Gasteiger partial charge is 0.137 e. The summed E-state index contributed by atoms with van der Waals surface area (Å²) in [6.07, 6.45) is 1.90. The highest BCUT2D eigenvalue weighted by Crippen LogP contribution is 2.51. The van der Waals surface area contributed by atoms with Gasteiger partial charge in [-0.3, -0.25) is 4.57 Å². The van der Waals surface area contributed by atoms with Crippen molar-refractivity contribution in [2.24, 2.45) is 0 Å². The molecule has 1 aliphatic rings. The number of aromatic nitrogens is 2. The minimum atomic E-state index is -0.301. The fourth-order valence-electron chi connectivity index (χ4n) is 9.70. The first-order chi connectivity index (χ1) is 32.4. The number of anilines is 4. The van der Waals surface area contributed by atoms with Crippen LogP contribution in [0, 0.1) is 25.5 Å². The molecule has 5 nitrogen and oxygen atoms in total. The van der Waals surface area contributed by atoms with Crippen LogP contribution in [0.15, 0.2) is 188 Å². The Morgan fingerprint density at radius 1 is 0.507 bits per heavy atom. The summed E-state index contributed by atoms with van der Waals surface area (Å²) in [5.74, 6) is 1.65. The predicted molar refractivity (Wildman–Crippen MR) is 272 cm³/mol. The Bertz CT molecular complexity index is 3430. The van der Waals surface area contributed by atoms with E-state index in [1.54, 1.807) is 0 Å². The summed E-state index contributed by atoms with van der Waals surface area (Å²) in [6.45, 7) is 11.4. The van der Waals surface area contributed by atoms with Crippen molar-refractivity contribution < 1.29 is 13.5 Å². The number of nitrogens with zero attached hydrogens (tertiary/aromatic N) is 4. The molecule has 0 N–H and O–H groups in total. The first-order valence-corrected chi connectivity index (χ1v) is 22.7. The van der Waals surface area contributed by atoms with Crippen LogP contribution >= 0.6 is 0 Å². The van der Waals surface area contributed by atoms with Crippen molar-refractivity contribution in [3.8, 4) is 50.7 Å². The minimum Gasteiger partial charge on any atom is -0.457 e. The third kappa shape index (κ3) is 7.76. The quantitative estimate of drug-likeness (QED) is 0.152. The number of para-hydroxylation sites is 4. The van der Waals surface area contributed by atoms with E-state index in [0.717, 1.165) is 83.8 Å². The lowest BCUT2D eigenvalue weighted by Gasteiger charge is -2.27. The van der Waals surface area contributed by atoms with Crippen molar-refractivity contribution in [2.75, 3.05) is 16.5 Å². The van der Waals surface area contributed by atoms with E-state index >= 15 is 0 Å². The van der Waals surface area contributed by atoms with Crippen LogP contribution in [0.2, 0.25) is 0 Å². The van der Waals surface area contributed by atoms with Crippen molar-refractivity contribution in [3.63, 3.8) is 0 Å². The number of rotatable bonds is 8. The van der Waals surface area contributed by atoms with Crippen LogP contribution in [0.4, 0.5) is 31.5 Å². The lowest BCUT2D eigenvalue weighted by molar-refractivity contribution is 0.483. The van der Waals surface area contributed by atoms with Gasteiger partial charge in [-0.05, 0) is 126 Å². The van der Waals surface area contributed by atoms with E-state index < -0.39 is 0 Å². The summed E-state index contributed by atoms with van der Waals surface area (Å²) in [5, 5.41) is 2.26. The van der Waals surface area contributed by atoms with E-state index in [9.17, 15) is 8.78 Å². The normalized spacial score (nSPS) is 12.6. The molecule has 0 bridgehead atoms. The Labute approximate surface area is 389 Å². The van der Waals surface area contributed by atoms with Gasteiger partial charge in [0.05, 0.1) is 28.1 Å². The number of halogens is 2. The Kier molecular flexibility index (Phi) is 10.2. The highest BCUT2D eigenvalue weighted by Gasteiger charge is 2.32. The Balaban J connectivity index is 1.06. The largest absolute Gasteiger partial charge is 0.457 e. The van der Waals surface area contributed by atoms with Gasteiger partial charge in [-0.2, -0.15) is 0 Å². The number of aryl methyl sites for hydroxylation is 2. The second kappa shape index (κ2) is 16.4. The van der Waals surface area contributed by atoms with Crippen LogP contribution in [-0.2, 0) is 5.41 Å². The number of pyridine rings is 1. The highest BCUT2D eigenvalue weighted by atomic mass is 19.1. The van der Waals surface area contributed by atoms with Crippen LogP contribution in [0.1, 0.15) is 37.5 Å². The number of benzene rings is 8. The zero-order chi connectivity index (χ0) is 46.0. The molecule has 0 spiro atoms. The summed E-state index contributed by atoms with van der Waals surface area (Å²) in [7, 11) is 0. The van der Waals surface area contributed by atoms with Gasteiger partial charge in [0, 0.05) is 45.9 Å². The molecule has 0 aliphatic carbocycles. The second-order valence-electron chi connectivity index (χ2n) is 18.6. The molecule has 67 heavy (non-hydrogen) atoms. The number of fused-ring (bicyclic) bond motifs is 4. The minimum absolute atomic E-state index is 0.0486. The summed E-state index contributed by atoms with van der Waals surface area (Å²) >= 11 is 0. The average molecular weight is 879 g/mol. The molecule has 2 aromatic heterocycles. The lowest BCUT2D eigenvalue weighted by Crippen LogP contribution is -2.25. The van der Waals surface area contributed by atoms with E-state index in [-0.39, 0.29) is 17.0 Å². The van der Waals surface area contributed by atoms with Gasteiger partial charge >= 0.3 is 0 Å². The van der Waals surface area contributed by atoms with Crippen molar-refractivity contribution in [3.05, 3.63) is 217 Å². The van der Waals surface area contributed by atoms with Gasteiger partial charge in [0.15, 0.2) is 0 Å². The number of hydrogen-bond donors (Lipinski definition) is 0.